The molecule has 2 N–H and O–H groups in total. The van der Waals surface area contributed by atoms with Crippen molar-refractivity contribution in [2.24, 2.45) is 0 Å². The van der Waals surface area contributed by atoms with Crippen LogP contribution in [0.5, 0.6) is 11.5 Å². The van der Waals surface area contributed by atoms with Crippen molar-refractivity contribution in [2.45, 2.75) is 51.9 Å². The van der Waals surface area contributed by atoms with Crippen LogP contribution in [0.4, 0.5) is 0 Å². The summed E-state index contributed by atoms with van der Waals surface area (Å²) in [6.45, 7) is 7.61. The lowest BCUT2D eigenvalue weighted by molar-refractivity contribution is 0.0692. The third-order valence-corrected chi connectivity index (χ3v) is 4.27. The van der Waals surface area contributed by atoms with Gasteiger partial charge in [-0.2, -0.15) is 0 Å². The lowest BCUT2D eigenvalue weighted by Gasteiger charge is -2.24. The van der Waals surface area contributed by atoms with Gasteiger partial charge in [0.2, 0.25) is 0 Å². The number of carbonyl (C=O) groups is 1. The molecule has 0 aromatic heterocycles. The van der Waals surface area contributed by atoms with Crippen molar-refractivity contribution >= 4 is 5.97 Å². The molecular formula is C19H24O4. The van der Waals surface area contributed by atoms with Gasteiger partial charge in [-0.05, 0) is 44.2 Å². The zero-order valence-corrected chi connectivity index (χ0v) is 13.8. The maximum atomic E-state index is 11.6. The summed E-state index contributed by atoms with van der Waals surface area (Å²) in [4.78, 5) is 11.6. The number of hydrogen-bond acceptors (Lipinski definition) is 3. The first-order chi connectivity index (χ1) is 11.0. The summed E-state index contributed by atoms with van der Waals surface area (Å²) in [6.07, 6.45) is 7.68. The summed E-state index contributed by atoms with van der Waals surface area (Å²) in [5, 5.41) is 20.2. The largest absolute Gasteiger partial charge is 0.507 e. The average Bonchev–Trinajstić information content (AvgIpc) is 2.47. The topological polar surface area (TPSA) is 66.8 Å². The second kappa shape index (κ2) is 7.36. The lowest BCUT2D eigenvalue weighted by atomic mass is 9.83. The Kier molecular flexibility index (Phi) is 5.48. The SMILES string of the molecule is C=COc1cc(CCC)c(C(=O)O)c(O)c1[C@@H]1C=C(C)CCC1. The molecule has 1 aliphatic carbocycles. The number of allylic oxidation sites excluding steroid dienone is 2. The Bertz CT molecular complexity index is 643. The van der Waals surface area contributed by atoms with Gasteiger partial charge in [-0.1, -0.05) is 31.6 Å². The van der Waals surface area contributed by atoms with Crippen LogP contribution in [0.25, 0.3) is 0 Å². The fraction of sp³-hybridized carbons (Fsp3) is 0.421. The number of benzene rings is 1. The molecule has 0 spiro atoms. The van der Waals surface area contributed by atoms with Gasteiger partial charge in [0.25, 0.3) is 0 Å². The van der Waals surface area contributed by atoms with Gasteiger partial charge in [0.15, 0.2) is 0 Å². The molecule has 124 valence electrons. The van der Waals surface area contributed by atoms with Gasteiger partial charge in [0, 0.05) is 11.5 Å². The number of hydrogen-bond donors (Lipinski definition) is 2. The molecule has 0 bridgehead atoms. The molecule has 2 rings (SSSR count). The molecule has 0 saturated carbocycles. The smallest absolute Gasteiger partial charge is 0.339 e. The second-order valence-corrected chi connectivity index (χ2v) is 6.02. The van der Waals surface area contributed by atoms with E-state index in [1.165, 1.54) is 11.8 Å². The number of carboxylic acids is 1. The van der Waals surface area contributed by atoms with E-state index in [1.54, 1.807) is 6.07 Å². The van der Waals surface area contributed by atoms with Crippen LogP contribution in [0.2, 0.25) is 0 Å². The summed E-state index contributed by atoms with van der Waals surface area (Å²) in [7, 11) is 0. The minimum atomic E-state index is -1.10. The van der Waals surface area contributed by atoms with Crippen molar-refractivity contribution in [3.63, 3.8) is 0 Å². The average molecular weight is 316 g/mol. The molecule has 0 unspecified atom stereocenters. The van der Waals surface area contributed by atoms with Gasteiger partial charge in [0.05, 0.1) is 6.26 Å². The van der Waals surface area contributed by atoms with Gasteiger partial charge in [-0.3, -0.25) is 0 Å². The highest BCUT2D eigenvalue weighted by molar-refractivity contribution is 5.94. The third kappa shape index (κ3) is 3.58. The van der Waals surface area contributed by atoms with Gasteiger partial charge < -0.3 is 14.9 Å². The highest BCUT2D eigenvalue weighted by atomic mass is 16.5. The van der Waals surface area contributed by atoms with Crippen molar-refractivity contribution < 1.29 is 19.7 Å². The first kappa shape index (κ1) is 17.1. The third-order valence-electron chi connectivity index (χ3n) is 4.27. The highest BCUT2D eigenvalue weighted by Gasteiger charge is 2.27. The molecule has 4 nitrogen and oxygen atoms in total. The summed E-state index contributed by atoms with van der Waals surface area (Å²) in [5.41, 5.74) is 2.39. The second-order valence-electron chi connectivity index (χ2n) is 6.02. The van der Waals surface area contributed by atoms with E-state index in [0.717, 1.165) is 25.7 Å². The molecule has 0 radical (unpaired) electrons. The fourth-order valence-corrected chi connectivity index (χ4v) is 3.30. The number of phenols is 1. The van der Waals surface area contributed by atoms with Gasteiger partial charge in [-0.25, -0.2) is 4.79 Å². The summed E-state index contributed by atoms with van der Waals surface area (Å²) in [6, 6.07) is 1.74. The molecule has 1 aliphatic rings. The molecule has 1 aromatic carbocycles. The zero-order valence-electron chi connectivity index (χ0n) is 13.8. The minimum Gasteiger partial charge on any atom is -0.507 e. The Morgan fingerprint density at radius 2 is 2.26 bits per heavy atom. The van der Waals surface area contributed by atoms with Gasteiger partial charge >= 0.3 is 5.97 Å². The van der Waals surface area contributed by atoms with Crippen LogP contribution in [-0.2, 0) is 6.42 Å². The summed E-state index contributed by atoms with van der Waals surface area (Å²) >= 11 is 0. The molecule has 23 heavy (non-hydrogen) atoms. The van der Waals surface area contributed by atoms with E-state index in [1.807, 2.05) is 6.92 Å². The van der Waals surface area contributed by atoms with Crippen LogP contribution in [0.15, 0.2) is 30.6 Å². The molecule has 1 aromatic rings. The van der Waals surface area contributed by atoms with Gasteiger partial charge in [0.1, 0.15) is 17.1 Å². The van der Waals surface area contributed by atoms with E-state index in [9.17, 15) is 15.0 Å². The first-order valence-corrected chi connectivity index (χ1v) is 8.06. The standard InChI is InChI=1S/C19H24O4/c1-4-7-13-11-15(23-5-2)16(18(20)17(13)19(21)22)14-9-6-8-12(3)10-14/h5,10-11,14,20H,2,4,6-9H2,1,3H3,(H,21,22)/t14-/m0/s1. The number of carboxylic acid groups (broad SMARTS) is 1. The number of aromatic hydroxyl groups is 1. The molecular weight excluding hydrogens is 292 g/mol. The van der Waals surface area contributed by atoms with Crippen molar-refractivity contribution in [3.8, 4) is 11.5 Å². The predicted molar refractivity (Wildman–Crippen MR) is 90.2 cm³/mol. The van der Waals surface area contributed by atoms with Crippen LogP contribution in [0, 0.1) is 0 Å². The van der Waals surface area contributed by atoms with Crippen LogP contribution in [-0.4, -0.2) is 16.2 Å². The van der Waals surface area contributed by atoms with Crippen molar-refractivity contribution in [2.75, 3.05) is 0 Å². The molecule has 0 heterocycles. The molecule has 1 atom stereocenters. The molecule has 0 aliphatic heterocycles. The Morgan fingerprint density at radius 1 is 1.52 bits per heavy atom. The normalized spacial score (nSPS) is 17.5. The summed E-state index contributed by atoms with van der Waals surface area (Å²) < 4.78 is 5.51. The van der Waals surface area contributed by atoms with Crippen LogP contribution in [0.1, 0.15) is 66.9 Å². The number of aromatic carboxylic acids is 1. The highest BCUT2D eigenvalue weighted by Crippen LogP contribution is 2.44. The van der Waals surface area contributed by atoms with E-state index in [2.05, 4.69) is 19.6 Å². The van der Waals surface area contributed by atoms with E-state index in [0.29, 0.717) is 23.3 Å². The van der Waals surface area contributed by atoms with E-state index >= 15 is 0 Å². The maximum Gasteiger partial charge on any atom is 0.339 e. The molecule has 4 heteroatoms. The Balaban J connectivity index is 2.67. The maximum absolute atomic E-state index is 11.6. The number of rotatable bonds is 6. The Labute approximate surface area is 137 Å². The summed E-state index contributed by atoms with van der Waals surface area (Å²) in [5.74, 6) is -0.806. The molecule has 0 saturated heterocycles. The van der Waals surface area contributed by atoms with Crippen LogP contribution in [0.3, 0.4) is 0 Å². The van der Waals surface area contributed by atoms with Crippen molar-refractivity contribution in [1.82, 2.24) is 0 Å². The van der Waals surface area contributed by atoms with E-state index in [-0.39, 0.29) is 17.2 Å². The first-order valence-electron chi connectivity index (χ1n) is 8.06. The van der Waals surface area contributed by atoms with Crippen molar-refractivity contribution in [1.29, 1.82) is 0 Å². The molecule has 0 amide bonds. The minimum absolute atomic E-state index is 0.00473. The van der Waals surface area contributed by atoms with E-state index in [4.69, 9.17) is 4.74 Å². The molecule has 0 fully saturated rings. The number of ether oxygens (including phenoxy) is 1. The fourth-order valence-electron chi connectivity index (χ4n) is 3.30. The van der Waals surface area contributed by atoms with Crippen molar-refractivity contribution in [3.05, 3.63) is 47.2 Å². The van der Waals surface area contributed by atoms with Crippen LogP contribution < -0.4 is 4.74 Å². The lowest BCUT2D eigenvalue weighted by Crippen LogP contribution is -2.10. The van der Waals surface area contributed by atoms with E-state index < -0.39 is 5.97 Å². The predicted octanol–water partition coefficient (Wildman–Crippen LogP) is 4.78. The van der Waals surface area contributed by atoms with Gasteiger partial charge in [-0.15, -0.1) is 0 Å². The monoisotopic (exact) mass is 316 g/mol. The number of aryl methyl sites for hydroxylation is 1. The van der Waals surface area contributed by atoms with Crippen LogP contribution >= 0.6 is 0 Å². The Hall–Kier alpha value is -2.23. The Morgan fingerprint density at radius 3 is 2.83 bits per heavy atom. The zero-order chi connectivity index (χ0) is 17.0. The quantitative estimate of drug-likeness (QED) is 0.585.